The lowest BCUT2D eigenvalue weighted by Gasteiger charge is -2.26. The largest absolute Gasteiger partial charge is 0.343 e. The lowest BCUT2D eigenvalue weighted by molar-refractivity contribution is -0.132. The second-order valence-electron chi connectivity index (χ2n) is 5.72. The van der Waals surface area contributed by atoms with E-state index in [9.17, 15) is 13.2 Å². The first-order valence-electron chi connectivity index (χ1n) is 6.92. The van der Waals surface area contributed by atoms with Gasteiger partial charge >= 0.3 is 0 Å². The molecule has 1 aromatic rings. The van der Waals surface area contributed by atoms with Crippen molar-refractivity contribution >= 4 is 15.9 Å². The summed E-state index contributed by atoms with van der Waals surface area (Å²) in [6.45, 7) is 6.58. The average Bonchev–Trinajstić information content (AvgIpc) is 2.82. The van der Waals surface area contributed by atoms with Gasteiger partial charge in [0.25, 0.3) is 0 Å². The number of aryl methyl sites for hydroxylation is 1. The Morgan fingerprint density at radius 3 is 2.52 bits per heavy atom. The Bertz CT molecular complexity index is 580. The van der Waals surface area contributed by atoms with Gasteiger partial charge in [-0.3, -0.25) is 9.48 Å². The van der Waals surface area contributed by atoms with Gasteiger partial charge < -0.3 is 4.90 Å². The van der Waals surface area contributed by atoms with Gasteiger partial charge in [-0.15, -0.1) is 0 Å². The number of sulfonamides is 1. The van der Waals surface area contributed by atoms with Crippen LogP contribution in [0.4, 0.5) is 0 Å². The second kappa shape index (κ2) is 7.04. The smallest absolute Gasteiger partial charge is 0.241 e. The van der Waals surface area contributed by atoms with Crippen LogP contribution >= 0.6 is 0 Å². The summed E-state index contributed by atoms with van der Waals surface area (Å²) in [7, 11) is -1.96. The number of carbonyl (C=O) groups excluding carboxylic acids is 1. The highest BCUT2D eigenvalue weighted by molar-refractivity contribution is 7.89. The van der Waals surface area contributed by atoms with Crippen LogP contribution in [0, 0.1) is 5.92 Å². The molecular weight excluding hydrogens is 292 g/mol. The molecule has 1 heterocycles. The minimum absolute atomic E-state index is 0.0100. The highest BCUT2D eigenvalue weighted by atomic mass is 32.2. The van der Waals surface area contributed by atoms with Crippen molar-refractivity contribution in [1.29, 1.82) is 0 Å². The van der Waals surface area contributed by atoms with E-state index in [-0.39, 0.29) is 23.3 Å². The summed E-state index contributed by atoms with van der Waals surface area (Å²) in [5.74, 6) is 0.537. The van der Waals surface area contributed by atoms with Crippen LogP contribution in [0.2, 0.25) is 0 Å². The van der Waals surface area contributed by atoms with Crippen LogP contribution in [0.5, 0.6) is 0 Å². The summed E-state index contributed by atoms with van der Waals surface area (Å²) in [5.41, 5.74) is 0. The van der Waals surface area contributed by atoms with Gasteiger partial charge in [0, 0.05) is 32.3 Å². The van der Waals surface area contributed by atoms with E-state index >= 15 is 0 Å². The van der Waals surface area contributed by atoms with Crippen LogP contribution in [-0.2, 0) is 21.4 Å². The van der Waals surface area contributed by atoms with Gasteiger partial charge in [-0.1, -0.05) is 13.8 Å². The molecule has 7 nitrogen and oxygen atoms in total. The monoisotopic (exact) mass is 316 g/mol. The summed E-state index contributed by atoms with van der Waals surface area (Å²) in [4.78, 5) is 13.8. The minimum atomic E-state index is -3.74. The maximum Gasteiger partial charge on any atom is 0.241 e. The van der Waals surface area contributed by atoms with E-state index < -0.39 is 10.0 Å². The molecular formula is C13H24N4O3S. The van der Waals surface area contributed by atoms with Gasteiger partial charge in [-0.05, 0) is 19.3 Å². The minimum Gasteiger partial charge on any atom is -0.343 e. The zero-order valence-corrected chi connectivity index (χ0v) is 13.8. The van der Waals surface area contributed by atoms with Crippen LogP contribution < -0.4 is 5.14 Å². The van der Waals surface area contributed by atoms with Gasteiger partial charge in [-0.25, -0.2) is 13.6 Å². The summed E-state index contributed by atoms with van der Waals surface area (Å²) < 4.78 is 23.7. The van der Waals surface area contributed by atoms with Crippen molar-refractivity contribution in [2.45, 2.75) is 51.1 Å². The van der Waals surface area contributed by atoms with Gasteiger partial charge in [0.1, 0.15) is 4.90 Å². The Labute approximate surface area is 126 Å². The zero-order valence-electron chi connectivity index (χ0n) is 13.0. The third kappa shape index (κ3) is 5.47. The first-order valence-corrected chi connectivity index (χ1v) is 8.46. The lowest BCUT2D eigenvalue weighted by Crippen LogP contribution is -2.36. The number of rotatable bonds is 7. The third-order valence-electron chi connectivity index (χ3n) is 3.36. The summed E-state index contributed by atoms with van der Waals surface area (Å²) in [6, 6.07) is 0.176. The number of hydrogen-bond donors (Lipinski definition) is 1. The molecule has 1 rings (SSSR count). The SMILES string of the molecule is CC(C)C[C@@H](C)N(C)C(=O)CCn1cc(S(N)(=O)=O)cn1. The second-order valence-corrected chi connectivity index (χ2v) is 7.28. The van der Waals surface area contributed by atoms with Crippen LogP contribution in [-0.4, -0.2) is 42.1 Å². The molecule has 2 N–H and O–H groups in total. The molecule has 1 amide bonds. The maximum absolute atomic E-state index is 12.1. The first-order chi connectivity index (χ1) is 9.61. The molecule has 0 aliphatic heterocycles. The molecule has 0 aliphatic rings. The Morgan fingerprint density at radius 1 is 1.43 bits per heavy atom. The van der Waals surface area contributed by atoms with Crippen molar-refractivity contribution < 1.29 is 13.2 Å². The summed E-state index contributed by atoms with van der Waals surface area (Å²) in [6.07, 6.45) is 3.73. The fraction of sp³-hybridized carbons (Fsp3) is 0.692. The number of aromatic nitrogens is 2. The number of amides is 1. The Balaban J connectivity index is 2.55. The van der Waals surface area contributed by atoms with E-state index in [1.165, 1.54) is 17.1 Å². The molecule has 1 aromatic heterocycles. The van der Waals surface area contributed by atoms with E-state index in [0.29, 0.717) is 12.5 Å². The average molecular weight is 316 g/mol. The molecule has 120 valence electrons. The normalized spacial score (nSPS) is 13.4. The van der Waals surface area contributed by atoms with Gasteiger partial charge in [0.2, 0.25) is 15.9 Å². The van der Waals surface area contributed by atoms with Crippen molar-refractivity contribution in [3.63, 3.8) is 0 Å². The summed E-state index contributed by atoms with van der Waals surface area (Å²) >= 11 is 0. The number of nitrogens with two attached hydrogens (primary N) is 1. The fourth-order valence-electron chi connectivity index (χ4n) is 2.09. The summed E-state index contributed by atoms with van der Waals surface area (Å²) in [5, 5.41) is 8.90. The predicted molar refractivity (Wildman–Crippen MR) is 79.9 cm³/mol. The number of carbonyl (C=O) groups is 1. The highest BCUT2D eigenvalue weighted by Crippen LogP contribution is 2.11. The Kier molecular flexibility index (Phi) is 5.91. The maximum atomic E-state index is 12.1. The topological polar surface area (TPSA) is 98.3 Å². The highest BCUT2D eigenvalue weighted by Gasteiger charge is 2.17. The molecule has 0 radical (unpaired) electrons. The van der Waals surface area contributed by atoms with E-state index in [1.807, 2.05) is 6.92 Å². The molecule has 21 heavy (non-hydrogen) atoms. The first kappa shape index (κ1) is 17.6. The number of nitrogens with zero attached hydrogens (tertiary/aromatic N) is 3. The zero-order chi connectivity index (χ0) is 16.2. The van der Waals surface area contributed by atoms with Crippen molar-refractivity contribution in [3.8, 4) is 0 Å². The van der Waals surface area contributed by atoms with Gasteiger partial charge in [0.15, 0.2) is 0 Å². The number of hydrogen-bond acceptors (Lipinski definition) is 4. The van der Waals surface area contributed by atoms with Crippen LogP contribution in [0.15, 0.2) is 17.3 Å². The van der Waals surface area contributed by atoms with E-state index in [1.54, 1.807) is 11.9 Å². The number of primary sulfonamides is 1. The van der Waals surface area contributed by atoms with E-state index in [2.05, 4.69) is 18.9 Å². The molecule has 0 spiro atoms. The van der Waals surface area contributed by atoms with Crippen molar-refractivity contribution in [2.75, 3.05) is 7.05 Å². The molecule has 0 bridgehead atoms. The van der Waals surface area contributed by atoms with E-state index in [0.717, 1.165) is 6.42 Å². The van der Waals surface area contributed by atoms with Crippen molar-refractivity contribution in [3.05, 3.63) is 12.4 Å². The van der Waals surface area contributed by atoms with Gasteiger partial charge in [-0.2, -0.15) is 5.10 Å². The Hall–Kier alpha value is -1.41. The predicted octanol–water partition coefficient (Wildman–Crippen LogP) is 0.814. The molecule has 0 aliphatic carbocycles. The molecule has 0 saturated heterocycles. The quantitative estimate of drug-likeness (QED) is 0.805. The molecule has 0 fully saturated rings. The molecule has 1 atom stereocenters. The van der Waals surface area contributed by atoms with Crippen LogP contribution in [0.1, 0.15) is 33.6 Å². The molecule has 8 heteroatoms. The van der Waals surface area contributed by atoms with E-state index in [4.69, 9.17) is 5.14 Å². The van der Waals surface area contributed by atoms with Crippen molar-refractivity contribution in [2.24, 2.45) is 11.1 Å². The van der Waals surface area contributed by atoms with Gasteiger partial charge in [0.05, 0.1) is 6.20 Å². The van der Waals surface area contributed by atoms with Crippen LogP contribution in [0.3, 0.4) is 0 Å². The molecule has 0 saturated carbocycles. The van der Waals surface area contributed by atoms with Crippen LogP contribution in [0.25, 0.3) is 0 Å². The molecule has 0 unspecified atom stereocenters. The Morgan fingerprint density at radius 2 is 2.05 bits per heavy atom. The van der Waals surface area contributed by atoms with Crippen molar-refractivity contribution in [1.82, 2.24) is 14.7 Å². The third-order valence-corrected chi connectivity index (χ3v) is 4.23. The molecule has 0 aromatic carbocycles. The fourth-order valence-corrected chi connectivity index (χ4v) is 2.55. The standard InChI is InChI=1S/C13H24N4O3S/c1-10(2)7-11(3)16(4)13(18)5-6-17-9-12(8-15-17)21(14,19)20/h8-11H,5-7H2,1-4H3,(H2,14,19,20)/t11-/m1/s1. The lowest BCUT2D eigenvalue weighted by atomic mass is 10.0.